The van der Waals surface area contributed by atoms with Crippen molar-refractivity contribution in [3.63, 3.8) is 0 Å². The summed E-state index contributed by atoms with van der Waals surface area (Å²) < 4.78 is 6.61. The predicted molar refractivity (Wildman–Crippen MR) is 202 cm³/mol. The van der Waals surface area contributed by atoms with Gasteiger partial charge in [0.25, 0.3) is 0 Å². The molecule has 0 radical (unpaired) electrons. The molecular formula is C43H33N5O. The van der Waals surface area contributed by atoms with Crippen molar-refractivity contribution in [2.24, 2.45) is 21.5 Å². The highest BCUT2D eigenvalue weighted by molar-refractivity contribution is 6.23. The summed E-state index contributed by atoms with van der Waals surface area (Å²) in [5, 5.41) is 5.64. The number of nitrogens with one attached hydrogen (secondary N) is 1. The van der Waals surface area contributed by atoms with Gasteiger partial charge in [-0.05, 0) is 52.6 Å². The fourth-order valence-corrected chi connectivity index (χ4v) is 6.21. The number of nitrogens with two attached hydrogens (primary N) is 2. The van der Waals surface area contributed by atoms with Gasteiger partial charge in [-0.3, -0.25) is 0 Å². The number of allylic oxidation sites excluding steroid dienone is 2. The van der Waals surface area contributed by atoms with E-state index in [0.717, 1.165) is 66.7 Å². The number of para-hydroxylation sites is 1. The second kappa shape index (κ2) is 12.9. The van der Waals surface area contributed by atoms with Crippen LogP contribution in [0.25, 0.3) is 44.5 Å². The number of furan rings is 1. The van der Waals surface area contributed by atoms with E-state index in [1.807, 2.05) is 121 Å². The molecule has 236 valence electrons. The Hall–Kier alpha value is -6.66. The minimum absolute atomic E-state index is 0.305. The van der Waals surface area contributed by atoms with Crippen LogP contribution in [-0.4, -0.2) is 11.7 Å². The predicted octanol–water partition coefficient (Wildman–Crippen LogP) is 9.05. The minimum atomic E-state index is -0.305. The van der Waals surface area contributed by atoms with Crippen molar-refractivity contribution in [1.82, 2.24) is 5.32 Å². The van der Waals surface area contributed by atoms with Crippen LogP contribution in [0.4, 0.5) is 0 Å². The van der Waals surface area contributed by atoms with Gasteiger partial charge in [-0.1, -0.05) is 133 Å². The number of amidine groups is 2. The summed E-state index contributed by atoms with van der Waals surface area (Å²) in [5.74, 6) is 1.41. The Morgan fingerprint density at radius 3 is 1.90 bits per heavy atom. The van der Waals surface area contributed by atoms with E-state index in [-0.39, 0.29) is 6.17 Å². The van der Waals surface area contributed by atoms with Crippen LogP contribution in [0.15, 0.2) is 178 Å². The topological polar surface area (TPSA) is 102 Å². The molecule has 0 aliphatic carbocycles. The fraction of sp³-hybridized carbons (Fsp3) is 0.0233. The number of benzene rings is 6. The standard InChI is InChI=1S/C43H33N5O/c44-36(29-12-4-1-5-13-29)26-27-37(45)30-22-20-28(21-23-30)33-24-25-35(39-34-18-10-11-19-38(34)49-40(33)39)43-47-41(31-14-6-2-7-15-31)46-42(48-43)32-16-8-3-9-17-32/h1-27,41H,44-45H2,(H,46,47,48)/b36-26-,37-27-. The summed E-state index contributed by atoms with van der Waals surface area (Å²) in [4.78, 5) is 10.1. The molecule has 2 heterocycles. The first kappa shape index (κ1) is 29.7. The van der Waals surface area contributed by atoms with Crippen LogP contribution in [0.2, 0.25) is 0 Å². The second-order valence-electron chi connectivity index (χ2n) is 11.9. The van der Waals surface area contributed by atoms with E-state index in [4.69, 9.17) is 25.9 Å². The van der Waals surface area contributed by atoms with Crippen molar-refractivity contribution < 1.29 is 4.42 Å². The van der Waals surface area contributed by atoms with Gasteiger partial charge in [-0.25, -0.2) is 9.98 Å². The second-order valence-corrected chi connectivity index (χ2v) is 11.9. The molecule has 8 rings (SSSR count). The van der Waals surface area contributed by atoms with Gasteiger partial charge in [-0.15, -0.1) is 0 Å². The van der Waals surface area contributed by atoms with Crippen LogP contribution < -0.4 is 16.8 Å². The van der Waals surface area contributed by atoms with Gasteiger partial charge in [0.2, 0.25) is 0 Å². The highest BCUT2D eigenvalue weighted by Crippen LogP contribution is 2.39. The molecule has 0 spiro atoms. The Kier molecular flexibility index (Phi) is 7.80. The third kappa shape index (κ3) is 5.88. The Bertz CT molecular complexity index is 2410. The fourth-order valence-electron chi connectivity index (χ4n) is 6.21. The van der Waals surface area contributed by atoms with Crippen LogP contribution in [-0.2, 0) is 0 Å². The van der Waals surface area contributed by atoms with Crippen LogP contribution in [0, 0.1) is 0 Å². The molecule has 6 heteroatoms. The van der Waals surface area contributed by atoms with Crippen LogP contribution in [0.1, 0.15) is 34.0 Å². The van der Waals surface area contributed by atoms with Gasteiger partial charge in [-0.2, -0.15) is 0 Å². The Morgan fingerprint density at radius 2 is 1.18 bits per heavy atom. The van der Waals surface area contributed by atoms with Crippen molar-refractivity contribution in [3.8, 4) is 11.1 Å². The first-order valence-electron chi connectivity index (χ1n) is 16.2. The maximum Gasteiger partial charge on any atom is 0.159 e. The SMILES string of the molecule is N/C(=C\C=C(/N)c1ccc(-c2ccc(C3=NC(c4ccccc4)=NC(c4ccccc4)N3)c3c2oc2ccccc23)cc1)c1ccccc1. The van der Waals surface area contributed by atoms with Gasteiger partial charge >= 0.3 is 0 Å². The number of fused-ring (bicyclic) bond motifs is 3. The van der Waals surface area contributed by atoms with E-state index in [0.29, 0.717) is 17.2 Å². The number of hydrogen-bond acceptors (Lipinski definition) is 6. The molecule has 1 unspecified atom stereocenters. The van der Waals surface area contributed by atoms with E-state index in [9.17, 15) is 0 Å². The minimum Gasteiger partial charge on any atom is -0.455 e. The monoisotopic (exact) mass is 635 g/mol. The number of nitrogens with zero attached hydrogens (tertiary/aromatic N) is 2. The highest BCUT2D eigenvalue weighted by atomic mass is 16.3. The summed E-state index contributed by atoms with van der Waals surface area (Å²) in [7, 11) is 0. The van der Waals surface area contributed by atoms with Gasteiger partial charge in [0.1, 0.15) is 23.2 Å². The Balaban J connectivity index is 1.20. The van der Waals surface area contributed by atoms with Crippen molar-refractivity contribution in [2.75, 3.05) is 0 Å². The number of aliphatic imine (C=N–C) groups is 2. The normalized spacial score (nSPS) is 15.1. The van der Waals surface area contributed by atoms with E-state index >= 15 is 0 Å². The zero-order valence-corrected chi connectivity index (χ0v) is 26.6. The van der Waals surface area contributed by atoms with E-state index in [1.165, 1.54) is 0 Å². The first-order valence-corrected chi connectivity index (χ1v) is 16.2. The van der Waals surface area contributed by atoms with Crippen molar-refractivity contribution in [2.45, 2.75) is 6.17 Å². The third-order valence-electron chi connectivity index (χ3n) is 8.75. The summed E-state index contributed by atoms with van der Waals surface area (Å²) in [6.07, 6.45) is 3.38. The van der Waals surface area contributed by atoms with Crippen LogP contribution in [0.5, 0.6) is 0 Å². The third-order valence-corrected chi connectivity index (χ3v) is 8.75. The van der Waals surface area contributed by atoms with E-state index < -0.39 is 0 Å². The lowest BCUT2D eigenvalue weighted by Gasteiger charge is -2.24. The molecule has 1 aromatic heterocycles. The Labute approximate surface area is 284 Å². The lowest BCUT2D eigenvalue weighted by Crippen LogP contribution is -2.33. The molecule has 0 amide bonds. The molecule has 6 aromatic carbocycles. The maximum absolute atomic E-state index is 6.61. The van der Waals surface area contributed by atoms with E-state index in [1.54, 1.807) is 0 Å². The Morgan fingerprint density at radius 1 is 0.592 bits per heavy atom. The highest BCUT2D eigenvalue weighted by Gasteiger charge is 2.25. The maximum atomic E-state index is 6.61. The molecule has 1 atom stereocenters. The molecule has 5 N–H and O–H groups in total. The van der Waals surface area contributed by atoms with Gasteiger partial charge in [0, 0.05) is 38.9 Å². The van der Waals surface area contributed by atoms with Gasteiger partial charge in [0.05, 0.1) is 0 Å². The molecule has 0 saturated heterocycles. The lowest BCUT2D eigenvalue weighted by atomic mass is 9.96. The number of rotatable bonds is 7. The molecule has 0 bridgehead atoms. The molecule has 49 heavy (non-hydrogen) atoms. The number of hydrogen-bond donors (Lipinski definition) is 3. The molecule has 0 fully saturated rings. The zero-order valence-electron chi connectivity index (χ0n) is 26.6. The molecule has 0 saturated carbocycles. The van der Waals surface area contributed by atoms with E-state index in [2.05, 4.69) is 47.8 Å². The average Bonchev–Trinajstić information content (AvgIpc) is 3.57. The van der Waals surface area contributed by atoms with Crippen molar-refractivity contribution >= 4 is 45.0 Å². The molecule has 1 aliphatic heterocycles. The summed E-state index contributed by atoms with van der Waals surface area (Å²) >= 11 is 0. The van der Waals surface area contributed by atoms with Gasteiger partial charge in [0.15, 0.2) is 5.84 Å². The molecule has 7 aromatic rings. The van der Waals surface area contributed by atoms with Crippen molar-refractivity contribution in [1.29, 1.82) is 0 Å². The molecule has 1 aliphatic rings. The zero-order chi connectivity index (χ0) is 33.2. The van der Waals surface area contributed by atoms with Gasteiger partial charge < -0.3 is 21.2 Å². The average molecular weight is 636 g/mol. The van der Waals surface area contributed by atoms with Crippen molar-refractivity contribution in [3.05, 3.63) is 192 Å². The molecule has 6 nitrogen and oxygen atoms in total. The van der Waals surface area contributed by atoms with Crippen LogP contribution >= 0.6 is 0 Å². The lowest BCUT2D eigenvalue weighted by molar-refractivity contribution is 0.668. The summed E-state index contributed by atoms with van der Waals surface area (Å²) in [5.41, 5.74) is 22.4. The summed E-state index contributed by atoms with van der Waals surface area (Å²) in [6.45, 7) is 0. The quantitative estimate of drug-likeness (QED) is 0.152. The molecular weight excluding hydrogens is 603 g/mol. The smallest absolute Gasteiger partial charge is 0.159 e. The first-order chi connectivity index (χ1) is 24.1. The summed E-state index contributed by atoms with van der Waals surface area (Å²) in [6, 6.07) is 50.7. The van der Waals surface area contributed by atoms with Crippen LogP contribution in [0.3, 0.4) is 0 Å². The largest absolute Gasteiger partial charge is 0.455 e.